The summed E-state index contributed by atoms with van der Waals surface area (Å²) in [4.78, 5) is 10.8. The Labute approximate surface area is 102 Å². The highest BCUT2D eigenvalue weighted by atomic mass is 16.5. The summed E-state index contributed by atoms with van der Waals surface area (Å²) in [7, 11) is 1.67. The van der Waals surface area contributed by atoms with Crippen LogP contribution in [0.15, 0.2) is 18.2 Å². The maximum absolute atomic E-state index is 10.8. The second kappa shape index (κ2) is 5.19. The smallest absolute Gasteiger partial charge is 0.335 e. The summed E-state index contributed by atoms with van der Waals surface area (Å²) in [6, 6.07) is 5.03. The molecule has 0 heterocycles. The highest BCUT2D eigenvalue weighted by molar-refractivity contribution is 5.88. The molecular weight excluding hydrogens is 218 g/mol. The number of anilines is 1. The van der Waals surface area contributed by atoms with Gasteiger partial charge in [-0.2, -0.15) is 0 Å². The third-order valence-corrected chi connectivity index (χ3v) is 2.73. The second-order valence-electron chi connectivity index (χ2n) is 4.65. The number of nitrogens with one attached hydrogen (secondary N) is 1. The van der Waals surface area contributed by atoms with Crippen LogP contribution < -0.4 is 5.32 Å². The lowest BCUT2D eigenvalue weighted by molar-refractivity contribution is 0.0343. The van der Waals surface area contributed by atoms with Crippen LogP contribution in [-0.4, -0.2) is 30.3 Å². The summed E-state index contributed by atoms with van der Waals surface area (Å²) in [6.07, 6.45) is 0. The van der Waals surface area contributed by atoms with E-state index in [1.165, 1.54) is 0 Å². The molecule has 1 aromatic rings. The van der Waals surface area contributed by atoms with E-state index in [1.54, 1.807) is 25.3 Å². The summed E-state index contributed by atoms with van der Waals surface area (Å²) in [5.74, 6) is -0.906. The molecule has 0 atom stereocenters. The van der Waals surface area contributed by atoms with E-state index in [0.717, 1.165) is 11.3 Å². The standard InChI is InChI=1S/C13H19NO3/c1-9-7-10(12(15)16)5-6-11(9)14-8-13(2,3)17-4/h5-7,14H,8H2,1-4H3,(H,15,16). The molecule has 0 spiro atoms. The molecule has 4 heteroatoms. The van der Waals surface area contributed by atoms with E-state index in [4.69, 9.17) is 9.84 Å². The van der Waals surface area contributed by atoms with Crippen LogP contribution in [0.25, 0.3) is 0 Å². The molecule has 0 radical (unpaired) electrons. The maximum Gasteiger partial charge on any atom is 0.335 e. The lowest BCUT2D eigenvalue weighted by Gasteiger charge is -2.24. The summed E-state index contributed by atoms with van der Waals surface area (Å²) >= 11 is 0. The Hall–Kier alpha value is -1.55. The zero-order valence-electron chi connectivity index (χ0n) is 10.7. The van der Waals surface area contributed by atoms with Gasteiger partial charge in [0.05, 0.1) is 11.2 Å². The van der Waals surface area contributed by atoms with E-state index in [2.05, 4.69) is 5.32 Å². The zero-order chi connectivity index (χ0) is 13.1. The number of rotatable bonds is 5. The highest BCUT2D eigenvalue weighted by Gasteiger charge is 2.16. The average molecular weight is 237 g/mol. The van der Waals surface area contributed by atoms with E-state index in [0.29, 0.717) is 12.1 Å². The molecular formula is C13H19NO3. The van der Waals surface area contributed by atoms with Gasteiger partial charge in [0.15, 0.2) is 0 Å². The average Bonchev–Trinajstić information content (AvgIpc) is 2.27. The van der Waals surface area contributed by atoms with Crippen molar-refractivity contribution in [3.05, 3.63) is 29.3 Å². The normalized spacial score (nSPS) is 11.3. The molecule has 0 aliphatic rings. The lowest BCUT2D eigenvalue weighted by atomic mass is 10.1. The van der Waals surface area contributed by atoms with Gasteiger partial charge < -0.3 is 15.2 Å². The van der Waals surface area contributed by atoms with E-state index >= 15 is 0 Å². The first kappa shape index (κ1) is 13.5. The molecule has 0 fully saturated rings. The number of aryl methyl sites for hydroxylation is 1. The first-order chi connectivity index (χ1) is 7.85. The van der Waals surface area contributed by atoms with Gasteiger partial charge in [-0.1, -0.05) is 0 Å². The Morgan fingerprint density at radius 1 is 1.47 bits per heavy atom. The Morgan fingerprint density at radius 2 is 2.12 bits per heavy atom. The third kappa shape index (κ3) is 3.75. The number of aromatic carboxylic acids is 1. The van der Waals surface area contributed by atoms with Crippen molar-refractivity contribution in [3.63, 3.8) is 0 Å². The minimum absolute atomic E-state index is 0.252. The molecule has 1 aromatic carbocycles. The summed E-state index contributed by atoms with van der Waals surface area (Å²) < 4.78 is 5.30. The minimum Gasteiger partial charge on any atom is -0.478 e. The van der Waals surface area contributed by atoms with Crippen LogP contribution >= 0.6 is 0 Å². The summed E-state index contributed by atoms with van der Waals surface area (Å²) in [5.41, 5.74) is 1.90. The van der Waals surface area contributed by atoms with E-state index in [1.807, 2.05) is 20.8 Å². The number of methoxy groups -OCH3 is 1. The monoisotopic (exact) mass is 237 g/mol. The van der Waals surface area contributed by atoms with Crippen molar-refractivity contribution in [1.29, 1.82) is 0 Å². The van der Waals surface area contributed by atoms with Crippen molar-refractivity contribution >= 4 is 11.7 Å². The molecule has 0 saturated carbocycles. The van der Waals surface area contributed by atoms with Crippen molar-refractivity contribution in [2.75, 3.05) is 19.0 Å². The maximum atomic E-state index is 10.8. The molecule has 94 valence electrons. The topological polar surface area (TPSA) is 58.6 Å². The van der Waals surface area contributed by atoms with Gasteiger partial charge in [0.2, 0.25) is 0 Å². The summed E-state index contributed by atoms with van der Waals surface area (Å²) in [6.45, 7) is 6.52. The Morgan fingerprint density at radius 3 is 2.59 bits per heavy atom. The fraction of sp³-hybridized carbons (Fsp3) is 0.462. The molecule has 0 bridgehead atoms. The molecule has 0 unspecified atom stereocenters. The van der Waals surface area contributed by atoms with Crippen LogP contribution in [0.1, 0.15) is 29.8 Å². The van der Waals surface area contributed by atoms with E-state index < -0.39 is 5.97 Å². The van der Waals surface area contributed by atoms with Gasteiger partial charge in [0, 0.05) is 19.3 Å². The quantitative estimate of drug-likeness (QED) is 0.826. The lowest BCUT2D eigenvalue weighted by Crippen LogP contribution is -2.32. The van der Waals surface area contributed by atoms with E-state index in [-0.39, 0.29) is 5.60 Å². The van der Waals surface area contributed by atoms with Crippen LogP contribution in [0, 0.1) is 6.92 Å². The zero-order valence-corrected chi connectivity index (χ0v) is 10.7. The number of ether oxygens (including phenoxy) is 1. The number of benzene rings is 1. The first-order valence-corrected chi connectivity index (χ1v) is 5.49. The number of carboxylic acid groups (broad SMARTS) is 1. The third-order valence-electron chi connectivity index (χ3n) is 2.73. The fourth-order valence-electron chi connectivity index (χ4n) is 1.38. The van der Waals surface area contributed by atoms with Gasteiger partial charge in [0.25, 0.3) is 0 Å². The predicted molar refractivity (Wildman–Crippen MR) is 67.7 cm³/mol. The first-order valence-electron chi connectivity index (χ1n) is 5.49. The predicted octanol–water partition coefficient (Wildman–Crippen LogP) is 2.53. The van der Waals surface area contributed by atoms with Gasteiger partial charge in [-0.05, 0) is 44.5 Å². The van der Waals surface area contributed by atoms with Gasteiger partial charge in [-0.15, -0.1) is 0 Å². The highest BCUT2D eigenvalue weighted by Crippen LogP contribution is 2.18. The minimum atomic E-state index is -0.906. The fourth-order valence-corrected chi connectivity index (χ4v) is 1.38. The van der Waals surface area contributed by atoms with Crippen molar-refractivity contribution in [2.45, 2.75) is 26.4 Å². The van der Waals surface area contributed by atoms with Gasteiger partial charge in [-0.25, -0.2) is 4.79 Å². The molecule has 4 nitrogen and oxygen atoms in total. The SMILES string of the molecule is COC(C)(C)CNc1ccc(C(=O)O)cc1C. The molecule has 0 amide bonds. The van der Waals surface area contributed by atoms with Crippen LogP contribution in [0.5, 0.6) is 0 Å². The Balaban J connectivity index is 2.77. The second-order valence-corrected chi connectivity index (χ2v) is 4.65. The number of carboxylic acids is 1. The number of hydrogen-bond donors (Lipinski definition) is 2. The molecule has 17 heavy (non-hydrogen) atoms. The van der Waals surface area contributed by atoms with Crippen LogP contribution in [0.4, 0.5) is 5.69 Å². The van der Waals surface area contributed by atoms with Crippen LogP contribution in [0.2, 0.25) is 0 Å². The van der Waals surface area contributed by atoms with Gasteiger partial charge in [0.1, 0.15) is 0 Å². The van der Waals surface area contributed by atoms with E-state index in [9.17, 15) is 4.79 Å². The molecule has 0 saturated heterocycles. The van der Waals surface area contributed by atoms with Crippen molar-refractivity contribution in [1.82, 2.24) is 0 Å². The molecule has 0 aromatic heterocycles. The largest absolute Gasteiger partial charge is 0.478 e. The molecule has 0 aliphatic carbocycles. The molecule has 1 rings (SSSR count). The Kier molecular flexibility index (Phi) is 4.12. The summed E-state index contributed by atoms with van der Waals surface area (Å²) in [5, 5.41) is 12.1. The number of hydrogen-bond acceptors (Lipinski definition) is 3. The van der Waals surface area contributed by atoms with Gasteiger partial charge in [-0.3, -0.25) is 0 Å². The molecule has 2 N–H and O–H groups in total. The number of carbonyl (C=O) groups is 1. The van der Waals surface area contributed by atoms with Crippen LogP contribution in [0.3, 0.4) is 0 Å². The van der Waals surface area contributed by atoms with Crippen LogP contribution in [-0.2, 0) is 4.74 Å². The Bertz CT molecular complexity index is 413. The van der Waals surface area contributed by atoms with Crippen molar-refractivity contribution < 1.29 is 14.6 Å². The van der Waals surface area contributed by atoms with Crippen molar-refractivity contribution in [2.24, 2.45) is 0 Å². The van der Waals surface area contributed by atoms with Crippen molar-refractivity contribution in [3.8, 4) is 0 Å². The molecule has 0 aliphatic heterocycles. The van der Waals surface area contributed by atoms with Gasteiger partial charge >= 0.3 is 5.97 Å².